The van der Waals surface area contributed by atoms with Gasteiger partial charge in [0.2, 0.25) is 0 Å². The maximum Gasteiger partial charge on any atom is 0.169 e. The lowest BCUT2D eigenvalue weighted by Gasteiger charge is -2.33. The van der Waals surface area contributed by atoms with Crippen LogP contribution in [-0.2, 0) is 6.54 Å². The monoisotopic (exact) mass is 328 g/mol. The van der Waals surface area contributed by atoms with Gasteiger partial charge in [-0.3, -0.25) is 0 Å². The van der Waals surface area contributed by atoms with Gasteiger partial charge in [-0.25, -0.2) is 0 Å². The summed E-state index contributed by atoms with van der Waals surface area (Å²) in [7, 11) is 4.38. The van der Waals surface area contributed by atoms with Gasteiger partial charge >= 0.3 is 0 Å². The van der Waals surface area contributed by atoms with E-state index in [1.165, 1.54) is 36.5 Å². The number of nitrogens with zero attached hydrogens (tertiary/aromatic N) is 1. The van der Waals surface area contributed by atoms with Gasteiger partial charge in [0.15, 0.2) is 5.11 Å². The first-order valence-electron chi connectivity index (χ1n) is 7.81. The summed E-state index contributed by atoms with van der Waals surface area (Å²) in [4.78, 5) is 5.49. The molecule has 4 nitrogen and oxygen atoms in total. The molecule has 0 atom stereocenters. The Labute approximate surface area is 137 Å². The number of nitrogens with one attached hydrogen (secondary N) is 3. The second kappa shape index (κ2) is 8.68. The number of thiocarbonyl (C=S) groups is 1. The van der Waals surface area contributed by atoms with Crippen molar-refractivity contribution in [2.45, 2.75) is 13.0 Å². The van der Waals surface area contributed by atoms with Crippen molar-refractivity contribution in [1.82, 2.24) is 10.2 Å². The molecular formula is C15H28N4S2+2. The van der Waals surface area contributed by atoms with Crippen LogP contribution in [0.5, 0.6) is 0 Å². The average Bonchev–Trinajstić information content (AvgIpc) is 2.97. The van der Waals surface area contributed by atoms with Crippen LogP contribution in [0.4, 0.5) is 0 Å². The smallest absolute Gasteiger partial charge is 0.169 e. The predicted octanol–water partition coefficient (Wildman–Crippen LogP) is -1.14. The molecule has 3 N–H and O–H groups in total. The Kier molecular flexibility index (Phi) is 6.89. The minimum atomic E-state index is 0.943. The lowest BCUT2D eigenvalue weighted by atomic mass is 10.2. The minimum absolute atomic E-state index is 0.943. The standard InChI is InChI=1S/C15H26N4S2/c1-17(2)6-3-5-16-15(20)19-9-7-18(8-10-19)12-14-4-11-21-13-14/h4,11,13H,3,5-10,12H2,1-2H3,(H,16,20)/p+2. The fraction of sp³-hybridized carbons (Fsp3) is 0.667. The summed E-state index contributed by atoms with van der Waals surface area (Å²) >= 11 is 7.30. The van der Waals surface area contributed by atoms with Crippen molar-refractivity contribution in [3.05, 3.63) is 22.4 Å². The van der Waals surface area contributed by atoms with Crippen molar-refractivity contribution in [3.8, 4) is 0 Å². The zero-order chi connectivity index (χ0) is 15.1. The molecule has 0 unspecified atom stereocenters. The SMILES string of the molecule is C[NH+](C)CCCNC(=S)N1CC[NH+](Cc2ccsc2)CC1. The van der Waals surface area contributed by atoms with E-state index in [4.69, 9.17) is 12.2 Å². The summed E-state index contributed by atoms with van der Waals surface area (Å²) in [6.45, 7) is 7.84. The highest BCUT2D eigenvalue weighted by Gasteiger charge is 2.21. The van der Waals surface area contributed by atoms with Crippen molar-refractivity contribution < 1.29 is 9.80 Å². The maximum absolute atomic E-state index is 5.51. The Bertz CT molecular complexity index is 411. The molecule has 1 aliphatic heterocycles. The van der Waals surface area contributed by atoms with Crippen LogP contribution in [0.25, 0.3) is 0 Å². The second-order valence-corrected chi connectivity index (χ2v) is 7.25. The van der Waals surface area contributed by atoms with Gasteiger partial charge in [-0.1, -0.05) is 0 Å². The third-order valence-corrected chi connectivity index (χ3v) is 5.06. The van der Waals surface area contributed by atoms with Crippen LogP contribution >= 0.6 is 23.6 Å². The second-order valence-electron chi connectivity index (χ2n) is 6.09. The Morgan fingerprint density at radius 3 is 2.81 bits per heavy atom. The highest BCUT2D eigenvalue weighted by molar-refractivity contribution is 7.80. The summed E-state index contributed by atoms with van der Waals surface area (Å²) in [5.74, 6) is 0. The molecule has 1 aromatic heterocycles. The molecule has 0 amide bonds. The molecular weight excluding hydrogens is 300 g/mol. The van der Waals surface area contributed by atoms with Crippen molar-refractivity contribution in [2.24, 2.45) is 0 Å². The Balaban J connectivity index is 1.62. The molecule has 0 bridgehead atoms. The van der Waals surface area contributed by atoms with E-state index < -0.39 is 0 Å². The zero-order valence-electron chi connectivity index (χ0n) is 13.2. The number of hydrogen-bond donors (Lipinski definition) is 3. The van der Waals surface area contributed by atoms with Gasteiger partial charge in [-0.2, -0.15) is 11.3 Å². The molecule has 21 heavy (non-hydrogen) atoms. The van der Waals surface area contributed by atoms with Crippen LogP contribution in [0.1, 0.15) is 12.0 Å². The molecule has 1 aliphatic rings. The van der Waals surface area contributed by atoms with Gasteiger partial charge < -0.3 is 20.0 Å². The van der Waals surface area contributed by atoms with E-state index in [1.807, 2.05) is 0 Å². The van der Waals surface area contributed by atoms with E-state index in [0.29, 0.717) is 0 Å². The largest absolute Gasteiger partial charge is 0.362 e. The predicted molar refractivity (Wildman–Crippen MR) is 93.2 cm³/mol. The minimum Gasteiger partial charge on any atom is -0.362 e. The van der Waals surface area contributed by atoms with Crippen LogP contribution < -0.4 is 15.1 Å². The first-order chi connectivity index (χ1) is 10.1. The molecule has 0 aromatic carbocycles. The van der Waals surface area contributed by atoms with Gasteiger partial charge in [0.05, 0.1) is 46.8 Å². The van der Waals surface area contributed by atoms with Crippen molar-refractivity contribution in [2.75, 3.05) is 53.4 Å². The molecule has 1 aromatic rings. The molecule has 6 heteroatoms. The van der Waals surface area contributed by atoms with E-state index in [0.717, 1.165) is 31.3 Å². The fourth-order valence-corrected chi connectivity index (χ4v) is 3.59. The van der Waals surface area contributed by atoms with Crippen LogP contribution in [0, 0.1) is 0 Å². The van der Waals surface area contributed by atoms with Gasteiger partial charge in [0.25, 0.3) is 0 Å². The maximum atomic E-state index is 5.51. The van der Waals surface area contributed by atoms with E-state index in [1.54, 1.807) is 16.2 Å². The van der Waals surface area contributed by atoms with E-state index in [9.17, 15) is 0 Å². The number of thiophene rings is 1. The van der Waals surface area contributed by atoms with Crippen molar-refractivity contribution >= 4 is 28.7 Å². The Hall–Kier alpha value is -0.690. The van der Waals surface area contributed by atoms with Crippen LogP contribution in [0.2, 0.25) is 0 Å². The molecule has 1 fully saturated rings. The topological polar surface area (TPSA) is 24.2 Å². The third-order valence-electron chi connectivity index (χ3n) is 3.92. The summed E-state index contributed by atoms with van der Waals surface area (Å²) in [6, 6.07) is 2.24. The number of hydrogen-bond acceptors (Lipinski definition) is 2. The van der Waals surface area contributed by atoms with E-state index >= 15 is 0 Å². The molecule has 2 rings (SSSR count). The van der Waals surface area contributed by atoms with Gasteiger partial charge in [-0.15, -0.1) is 0 Å². The Morgan fingerprint density at radius 2 is 2.19 bits per heavy atom. The quantitative estimate of drug-likeness (QED) is 0.455. The van der Waals surface area contributed by atoms with E-state index in [2.05, 4.69) is 41.1 Å². The zero-order valence-corrected chi connectivity index (χ0v) is 14.8. The molecule has 0 radical (unpaired) electrons. The summed E-state index contributed by atoms with van der Waals surface area (Å²) < 4.78 is 0. The van der Waals surface area contributed by atoms with Crippen molar-refractivity contribution in [3.63, 3.8) is 0 Å². The number of piperazine rings is 1. The van der Waals surface area contributed by atoms with Gasteiger partial charge in [-0.05, 0) is 29.0 Å². The molecule has 1 saturated heterocycles. The Morgan fingerprint density at radius 1 is 1.43 bits per heavy atom. The van der Waals surface area contributed by atoms with E-state index in [-0.39, 0.29) is 0 Å². The average molecular weight is 329 g/mol. The number of rotatable bonds is 6. The van der Waals surface area contributed by atoms with Crippen molar-refractivity contribution in [1.29, 1.82) is 0 Å². The van der Waals surface area contributed by atoms with Crippen LogP contribution in [0.15, 0.2) is 16.8 Å². The molecule has 0 aliphatic carbocycles. The summed E-state index contributed by atoms with van der Waals surface area (Å²) in [6.07, 6.45) is 1.17. The van der Waals surface area contributed by atoms with Crippen LogP contribution in [-0.4, -0.2) is 63.4 Å². The normalized spacial score (nSPS) is 16.4. The number of quaternary nitrogens is 2. The lowest BCUT2D eigenvalue weighted by Crippen LogP contribution is -3.13. The summed E-state index contributed by atoms with van der Waals surface area (Å²) in [5.41, 5.74) is 1.47. The van der Waals surface area contributed by atoms with Gasteiger partial charge in [0.1, 0.15) is 6.54 Å². The summed E-state index contributed by atoms with van der Waals surface area (Å²) in [5, 5.41) is 8.78. The fourth-order valence-electron chi connectivity index (χ4n) is 2.63. The first-order valence-corrected chi connectivity index (χ1v) is 9.16. The molecule has 2 heterocycles. The van der Waals surface area contributed by atoms with Gasteiger partial charge in [0, 0.05) is 18.5 Å². The highest BCUT2D eigenvalue weighted by Crippen LogP contribution is 2.04. The van der Waals surface area contributed by atoms with Crippen LogP contribution in [0.3, 0.4) is 0 Å². The first kappa shape index (κ1) is 16.7. The third kappa shape index (κ3) is 5.90. The lowest BCUT2D eigenvalue weighted by molar-refractivity contribution is -0.917. The molecule has 0 spiro atoms. The highest BCUT2D eigenvalue weighted by atomic mass is 32.1. The molecule has 0 saturated carbocycles. The molecule has 118 valence electrons.